The standard InChI is InChI=1S/C6H11N5/c7-4-5-9-6-8-2-1-3-11(6)10-5/h1-4,7H2,(H,8,9,10). The number of nitrogens with zero attached hydrogens (tertiary/aromatic N) is 3. The Labute approximate surface area is 64.6 Å². The van der Waals surface area contributed by atoms with Crippen LogP contribution >= 0.6 is 0 Å². The minimum Gasteiger partial charge on any atom is -0.354 e. The third kappa shape index (κ3) is 1.07. The molecule has 5 heteroatoms. The lowest BCUT2D eigenvalue weighted by molar-refractivity contribution is 0.560. The average Bonchev–Trinajstić information content (AvgIpc) is 2.46. The first-order chi connectivity index (χ1) is 5.40. The van der Waals surface area contributed by atoms with E-state index >= 15 is 0 Å². The molecule has 0 atom stereocenters. The molecule has 3 N–H and O–H groups in total. The molecule has 0 unspecified atom stereocenters. The second kappa shape index (κ2) is 2.50. The Morgan fingerprint density at radius 2 is 2.55 bits per heavy atom. The predicted octanol–water partition coefficient (Wildman–Crippen LogP) is -0.448. The number of anilines is 1. The monoisotopic (exact) mass is 153 g/mol. The zero-order valence-corrected chi connectivity index (χ0v) is 6.25. The minimum atomic E-state index is 0.418. The number of hydrogen-bond acceptors (Lipinski definition) is 4. The maximum Gasteiger partial charge on any atom is 0.221 e. The van der Waals surface area contributed by atoms with Gasteiger partial charge in [-0.1, -0.05) is 0 Å². The van der Waals surface area contributed by atoms with Crippen molar-refractivity contribution in [3.05, 3.63) is 5.82 Å². The highest BCUT2D eigenvalue weighted by atomic mass is 15.4. The van der Waals surface area contributed by atoms with Crippen LogP contribution in [0.1, 0.15) is 12.2 Å². The van der Waals surface area contributed by atoms with Gasteiger partial charge in [-0.15, -0.1) is 0 Å². The number of rotatable bonds is 1. The molecule has 0 aliphatic carbocycles. The Morgan fingerprint density at radius 1 is 1.64 bits per heavy atom. The van der Waals surface area contributed by atoms with Crippen molar-refractivity contribution in [3.63, 3.8) is 0 Å². The van der Waals surface area contributed by atoms with Gasteiger partial charge < -0.3 is 11.1 Å². The summed E-state index contributed by atoms with van der Waals surface area (Å²) in [7, 11) is 0. The molecule has 0 spiro atoms. The van der Waals surface area contributed by atoms with Gasteiger partial charge >= 0.3 is 0 Å². The van der Waals surface area contributed by atoms with Gasteiger partial charge in [-0.3, -0.25) is 0 Å². The van der Waals surface area contributed by atoms with E-state index in [1.165, 1.54) is 0 Å². The molecule has 2 rings (SSSR count). The van der Waals surface area contributed by atoms with Crippen LogP contribution in [0, 0.1) is 0 Å². The second-order valence-electron chi connectivity index (χ2n) is 2.56. The van der Waals surface area contributed by atoms with Gasteiger partial charge in [-0.05, 0) is 6.42 Å². The summed E-state index contributed by atoms with van der Waals surface area (Å²) in [5.41, 5.74) is 5.40. The Balaban J connectivity index is 2.32. The zero-order chi connectivity index (χ0) is 7.68. The fraction of sp³-hybridized carbons (Fsp3) is 0.667. The molecule has 1 aliphatic heterocycles. The molecule has 5 nitrogen and oxygen atoms in total. The molecule has 1 aliphatic rings. The molecular weight excluding hydrogens is 142 g/mol. The Morgan fingerprint density at radius 3 is 3.27 bits per heavy atom. The fourth-order valence-electron chi connectivity index (χ4n) is 1.19. The van der Waals surface area contributed by atoms with E-state index in [4.69, 9.17) is 5.73 Å². The van der Waals surface area contributed by atoms with Gasteiger partial charge in [0.2, 0.25) is 5.95 Å². The summed E-state index contributed by atoms with van der Waals surface area (Å²) in [6, 6.07) is 0. The lowest BCUT2D eigenvalue weighted by atomic mass is 10.4. The first-order valence-corrected chi connectivity index (χ1v) is 3.78. The van der Waals surface area contributed by atoms with E-state index in [2.05, 4.69) is 15.4 Å². The topological polar surface area (TPSA) is 68.8 Å². The van der Waals surface area contributed by atoms with Crippen LogP contribution in [-0.4, -0.2) is 21.3 Å². The lowest BCUT2D eigenvalue weighted by Crippen LogP contribution is -2.17. The number of nitrogens with two attached hydrogens (primary N) is 1. The highest BCUT2D eigenvalue weighted by molar-refractivity contribution is 5.26. The summed E-state index contributed by atoms with van der Waals surface area (Å²) in [6.45, 7) is 2.36. The van der Waals surface area contributed by atoms with Gasteiger partial charge in [-0.2, -0.15) is 10.1 Å². The molecule has 0 bridgehead atoms. The van der Waals surface area contributed by atoms with E-state index in [0.717, 1.165) is 31.3 Å². The number of nitrogens with one attached hydrogen (secondary N) is 1. The lowest BCUT2D eigenvalue weighted by Gasteiger charge is -2.12. The maximum atomic E-state index is 5.40. The SMILES string of the molecule is NCc1nc2n(n1)CCCN2. The van der Waals surface area contributed by atoms with E-state index in [9.17, 15) is 0 Å². The van der Waals surface area contributed by atoms with Crippen molar-refractivity contribution in [2.75, 3.05) is 11.9 Å². The van der Waals surface area contributed by atoms with Crippen molar-refractivity contribution in [2.45, 2.75) is 19.5 Å². The van der Waals surface area contributed by atoms with E-state index in [-0.39, 0.29) is 0 Å². The molecule has 60 valence electrons. The Bertz CT molecular complexity index is 230. The van der Waals surface area contributed by atoms with Gasteiger partial charge in [0.1, 0.15) is 0 Å². The number of aromatic nitrogens is 3. The number of hydrogen-bond donors (Lipinski definition) is 2. The quantitative estimate of drug-likeness (QED) is 0.573. The highest BCUT2D eigenvalue weighted by Crippen LogP contribution is 2.09. The molecular formula is C6H11N5. The summed E-state index contributed by atoms with van der Waals surface area (Å²) in [5.74, 6) is 1.58. The van der Waals surface area contributed by atoms with Crippen LogP contribution in [-0.2, 0) is 13.1 Å². The summed E-state index contributed by atoms with van der Waals surface area (Å²) in [4.78, 5) is 4.19. The molecule has 0 aromatic carbocycles. The van der Waals surface area contributed by atoms with Crippen molar-refractivity contribution in [1.82, 2.24) is 14.8 Å². The van der Waals surface area contributed by atoms with Gasteiger partial charge in [0.05, 0.1) is 6.54 Å². The van der Waals surface area contributed by atoms with Gasteiger partial charge in [-0.25, -0.2) is 4.68 Å². The normalized spacial score (nSPS) is 15.7. The molecule has 2 heterocycles. The van der Waals surface area contributed by atoms with Crippen molar-refractivity contribution in [1.29, 1.82) is 0 Å². The molecule has 0 radical (unpaired) electrons. The first-order valence-electron chi connectivity index (χ1n) is 3.78. The fourth-order valence-corrected chi connectivity index (χ4v) is 1.19. The van der Waals surface area contributed by atoms with Crippen LogP contribution in [0.3, 0.4) is 0 Å². The van der Waals surface area contributed by atoms with Crippen molar-refractivity contribution < 1.29 is 0 Å². The van der Waals surface area contributed by atoms with E-state index < -0.39 is 0 Å². The zero-order valence-electron chi connectivity index (χ0n) is 6.25. The molecule has 0 fully saturated rings. The van der Waals surface area contributed by atoms with Gasteiger partial charge in [0.25, 0.3) is 0 Å². The average molecular weight is 153 g/mol. The molecule has 0 amide bonds. The van der Waals surface area contributed by atoms with Crippen LogP contribution in [0.25, 0.3) is 0 Å². The van der Waals surface area contributed by atoms with Crippen LogP contribution in [0.4, 0.5) is 5.95 Å². The van der Waals surface area contributed by atoms with Crippen molar-refractivity contribution in [3.8, 4) is 0 Å². The summed E-state index contributed by atoms with van der Waals surface area (Å²) < 4.78 is 1.87. The first kappa shape index (κ1) is 6.60. The highest BCUT2D eigenvalue weighted by Gasteiger charge is 2.11. The predicted molar refractivity (Wildman–Crippen MR) is 41.0 cm³/mol. The number of fused-ring (bicyclic) bond motifs is 1. The van der Waals surface area contributed by atoms with Crippen LogP contribution in [0.15, 0.2) is 0 Å². The minimum absolute atomic E-state index is 0.418. The third-order valence-electron chi connectivity index (χ3n) is 1.73. The Hall–Kier alpha value is -1.10. The summed E-state index contributed by atoms with van der Waals surface area (Å²) in [5, 5.41) is 7.34. The molecule has 0 saturated heterocycles. The van der Waals surface area contributed by atoms with E-state index in [1.54, 1.807) is 0 Å². The van der Waals surface area contributed by atoms with Crippen LogP contribution in [0.5, 0.6) is 0 Å². The summed E-state index contributed by atoms with van der Waals surface area (Å²) >= 11 is 0. The van der Waals surface area contributed by atoms with Gasteiger partial charge in [0.15, 0.2) is 5.82 Å². The largest absolute Gasteiger partial charge is 0.354 e. The molecule has 0 saturated carbocycles. The van der Waals surface area contributed by atoms with Crippen molar-refractivity contribution in [2.24, 2.45) is 5.73 Å². The molecule has 1 aromatic heterocycles. The van der Waals surface area contributed by atoms with Crippen LogP contribution in [0.2, 0.25) is 0 Å². The van der Waals surface area contributed by atoms with Gasteiger partial charge in [0, 0.05) is 13.1 Å². The molecule has 11 heavy (non-hydrogen) atoms. The summed E-state index contributed by atoms with van der Waals surface area (Å²) in [6.07, 6.45) is 1.11. The van der Waals surface area contributed by atoms with E-state index in [1.807, 2.05) is 4.68 Å². The molecule has 1 aromatic rings. The number of aryl methyl sites for hydroxylation is 1. The third-order valence-corrected chi connectivity index (χ3v) is 1.73. The maximum absolute atomic E-state index is 5.40. The van der Waals surface area contributed by atoms with Crippen molar-refractivity contribution >= 4 is 5.95 Å². The smallest absolute Gasteiger partial charge is 0.221 e. The van der Waals surface area contributed by atoms with Crippen LogP contribution < -0.4 is 11.1 Å². The Kier molecular flexibility index (Phi) is 1.50. The van der Waals surface area contributed by atoms with E-state index in [0.29, 0.717) is 6.54 Å². The second-order valence-corrected chi connectivity index (χ2v) is 2.56.